The van der Waals surface area contributed by atoms with Crippen LogP contribution >= 0.6 is 15.9 Å². The number of benzene rings is 1. The lowest BCUT2D eigenvalue weighted by Crippen LogP contribution is -2.41. The maximum Gasteiger partial charge on any atom is 0.119 e. The predicted octanol–water partition coefficient (Wildman–Crippen LogP) is 5.08. The van der Waals surface area contributed by atoms with E-state index in [0.29, 0.717) is 0 Å². The Labute approximate surface area is 137 Å². The predicted molar refractivity (Wildman–Crippen MR) is 92.8 cm³/mol. The zero-order valence-electron chi connectivity index (χ0n) is 13.3. The largest absolute Gasteiger partial charge is 0.497 e. The number of hydrogen-bond acceptors (Lipinski definition) is 2. The van der Waals surface area contributed by atoms with Crippen molar-refractivity contribution < 1.29 is 4.74 Å². The van der Waals surface area contributed by atoms with E-state index in [-0.39, 0.29) is 5.54 Å². The zero-order valence-corrected chi connectivity index (χ0v) is 14.9. The first-order valence-corrected chi connectivity index (χ1v) is 8.97. The molecule has 2 rings (SSSR count). The number of halogens is 1. The zero-order chi connectivity index (χ0) is 15.3. The summed E-state index contributed by atoms with van der Waals surface area (Å²) in [5.41, 5.74) is 7.96. The second kappa shape index (κ2) is 7.64. The van der Waals surface area contributed by atoms with Gasteiger partial charge in [-0.25, -0.2) is 0 Å². The SMILES string of the molecule is CCCC1CCCC(N)(Cc2cc(OC)ccc2Br)CC1. The van der Waals surface area contributed by atoms with E-state index in [1.807, 2.05) is 6.07 Å². The summed E-state index contributed by atoms with van der Waals surface area (Å²) in [4.78, 5) is 0. The van der Waals surface area contributed by atoms with Crippen LogP contribution in [-0.4, -0.2) is 12.6 Å². The van der Waals surface area contributed by atoms with Crippen LogP contribution in [0.4, 0.5) is 0 Å². The third-order valence-electron chi connectivity index (χ3n) is 4.83. The molecule has 2 unspecified atom stereocenters. The normalized spacial score (nSPS) is 26.4. The van der Waals surface area contributed by atoms with Gasteiger partial charge in [-0.15, -0.1) is 0 Å². The number of rotatable bonds is 5. The van der Waals surface area contributed by atoms with Crippen molar-refractivity contribution in [2.45, 2.75) is 63.8 Å². The molecule has 2 atom stereocenters. The van der Waals surface area contributed by atoms with E-state index < -0.39 is 0 Å². The Hall–Kier alpha value is -0.540. The molecule has 0 heterocycles. The second-order valence-electron chi connectivity index (χ2n) is 6.58. The molecule has 0 saturated heterocycles. The van der Waals surface area contributed by atoms with Crippen molar-refractivity contribution in [3.05, 3.63) is 28.2 Å². The van der Waals surface area contributed by atoms with Crippen LogP contribution < -0.4 is 10.5 Å². The lowest BCUT2D eigenvalue weighted by molar-refractivity contribution is 0.353. The summed E-state index contributed by atoms with van der Waals surface area (Å²) >= 11 is 3.66. The van der Waals surface area contributed by atoms with Crippen LogP contribution in [-0.2, 0) is 6.42 Å². The molecule has 2 nitrogen and oxygen atoms in total. The minimum Gasteiger partial charge on any atom is -0.497 e. The van der Waals surface area contributed by atoms with Crippen molar-refractivity contribution in [3.8, 4) is 5.75 Å². The van der Waals surface area contributed by atoms with Crippen molar-refractivity contribution in [1.82, 2.24) is 0 Å². The molecule has 0 radical (unpaired) electrons. The standard InChI is InChI=1S/C18H28BrNO/c1-3-5-14-6-4-10-18(20,11-9-14)13-15-12-16(21-2)7-8-17(15)19/h7-8,12,14H,3-6,9-11,13,20H2,1-2H3. The topological polar surface area (TPSA) is 35.2 Å². The Kier molecular flexibility index (Phi) is 6.12. The Bertz CT molecular complexity index is 463. The maximum atomic E-state index is 6.75. The van der Waals surface area contributed by atoms with Crippen LogP contribution in [0.2, 0.25) is 0 Å². The second-order valence-corrected chi connectivity index (χ2v) is 7.44. The van der Waals surface area contributed by atoms with Crippen LogP contribution in [0.15, 0.2) is 22.7 Å². The van der Waals surface area contributed by atoms with Gasteiger partial charge in [0.1, 0.15) is 5.75 Å². The summed E-state index contributed by atoms with van der Waals surface area (Å²) in [5.74, 6) is 1.79. The summed E-state index contributed by atoms with van der Waals surface area (Å²) in [6.45, 7) is 2.29. The van der Waals surface area contributed by atoms with Crippen LogP contribution in [0.3, 0.4) is 0 Å². The summed E-state index contributed by atoms with van der Waals surface area (Å²) < 4.78 is 6.49. The lowest BCUT2D eigenvalue weighted by atomic mass is 9.84. The van der Waals surface area contributed by atoms with E-state index in [2.05, 4.69) is 35.0 Å². The van der Waals surface area contributed by atoms with Crippen LogP contribution in [0.1, 0.15) is 57.4 Å². The van der Waals surface area contributed by atoms with Crippen molar-refractivity contribution in [1.29, 1.82) is 0 Å². The molecule has 1 fully saturated rings. The molecule has 1 saturated carbocycles. The molecule has 3 heteroatoms. The minimum atomic E-state index is -0.0582. The summed E-state index contributed by atoms with van der Waals surface area (Å²) in [7, 11) is 1.71. The van der Waals surface area contributed by atoms with Gasteiger partial charge < -0.3 is 10.5 Å². The van der Waals surface area contributed by atoms with E-state index in [9.17, 15) is 0 Å². The molecule has 2 N–H and O–H groups in total. The van der Waals surface area contributed by atoms with Crippen molar-refractivity contribution in [3.63, 3.8) is 0 Å². The van der Waals surface area contributed by atoms with Crippen molar-refractivity contribution in [2.75, 3.05) is 7.11 Å². The average Bonchev–Trinajstić information content (AvgIpc) is 2.64. The molecule has 0 spiro atoms. The number of nitrogens with two attached hydrogens (primary N) is 1. The number of hydrogen-bond donors (Lipinski definition) is 1. The highest BCUT2D eigenvalue weighted by atomic mass is 79.9. The minimum absolute atomic E-state index is 0.0582. The third-order valence-corrected chi connectivity index (χ3v) is 5.60. The highest BCUT2D eigenvalue weighted by Gasteiger charge is 2.30. The van der Waals surface area contributed by atoms with Gasteiger partial charge in [0, 0.05) is 10.0 Å². The van der Waals surface area contributed by atoms with E-state index in [1.165, 1.54) is 37.7 Å². The lowest BCUT2D eigenvalue weighted by Gasteiger charge is -2.29. The van der Waals surface area contributed by atoms with Gasteiger partial charge in [0.15, 0.2) is 0 Å². The van der Waals surface area contributed by atoms with Gasteiger partial charge in [-0.3, -0.25) is 0 Å². The molecule has 1 aliphatic rings. The molecule has 0 amide bonds. The fourth-order valence-corrected chi connectivity index (χ4v) is 3.96. The molecule has 0 bridgehead atoms. The third kappa shape index (κ3) is 4.72. The van der Waals surface area contributed by atoms with Gasteiger partial charge in [-0.2, -0.15) is 0 Å². The first-order chi connectivity index (χ1) is 10.1. The quantitative estimate of drug-likeness (QED) is 0.749. The molecule has 1 aromatic carbocycles. The molecular weight excluding hydrogens is 326 g/mol. The molecule has 21 heavy (non-hydrogen) atoms. The van der Waals surface area contributed by atoms with E-state index in [0.717, 1.165) is 35.4 Å². The number of methoxy groups -OCH3 is 1. The summed E-state index contributed by atoms with van der Waals surface area (Å²) in [6.07, 6.45) is 9.77. The molecular formula is C18H28BrNO. The highest BCUT2D eigenvalue weighted by molar-refractivity contribution is 9.10. The van der Waals surface area contributed by atoms with Crippen molar-refractivity contribution in [2.24, 2.45) is 11.7 Å². The fraction of sp³-hybridized carbons (Fsp3) is 0.667. The van der Waals surface area contributed by atoms with E-state index in [1.54, 1.807) is 7.11 Å². The van der Waals surface area contributed by atoms with Gasteiger partial charge in [-0.1, -0.05) is 48.5 Å². The summed E-state index contributed by atoms with van der Waals surface area (Å²) in [5, 5.41) is 0. The van der Waals surface area contributed by atoms with E-state index >= 15 is 0 Å². The van der Waals surface area contributed by atoms with Gasteiger partial charge >= 0.3 is 0 Å². The molecule has 1 aromatic rings. The van der Waals surface area contributed by atoms with Gasteiger partial charge in [-0.05, 0) is 55.4 Å². The number of ether oxygens (including phenoxy) is 1. The van der Waals surface area contributed by atoms with Gasteiger partial charge in [0.2, 0.25) is 0 Å². The fourth-order valence-electron chi connectivity index (χ4n) is 3.57. The molecule has 0 aliphatic heterocycles. The monoisotopic (exact) mass is 353 g/mol. The van der Waals surface area contributed by atoms with Crippen LogP contribution in [0.5, 0.6) is 5.75 Å². The van der Waals surface area contributed by atoms with Gasteiger partial charge in [0.05, 0.1) is 7.11 Å². The Morgan fingerprint density at radius 1 is 1.33 bits per heavy atom. The molecule has 0 aromatic heterocycles. The first kappa shape index (κ1) is 16.8. The van der Waals surface area contributed by atoms with Crippen LogP contribution in [0.25, 0.3) is 0 Å². The highest BCUT2D eigenvalue weighted by Crippen LogP contribution is 2.35. The molecule has 1 aliphatic carbocycles. The van der Waals surface area contributed by atoms with Crippen LogP contribution in [0, 0.1) is 5.92 Å². The Morgan fingerprint density at radius 2 is 2.14 bits per heavy atom. The Morgan fingerprint density at radius 3 is 2.86 bits per heavy atom. The first-order valence-electron chi connectivity index (χ1n) is 8.17. The van der Waals surface area contributed by atoms with Crippen molar-refractivity contribution >= 4 is 15.9 Å². The van der Waals surface area contributed by atoms with Gasteiger partial charge in [0.25, 0.3) is 0 Å². The molecule has 118 valence electrons. The summed E-state index contributed by atoms with van der Waals surface area (Å²) in [6, 6.07) is 6.17. The smallest absolute Gasteiger partial charge is 0.119 e. The maximum absolute atomic E-state index is 6.75. The van der Waals surface area contributed by atoms with E-state index in [4.69, 9.17) is 10.5 Å². The average molecular weight is 354 g/mol. The Balaban J connectivity index is 2.07.